The normalized spacial score (nSPS) is 10.8. The van der Waals surface area contributed by atoms with Gasteiger partial charge in [-0.15, -0.1) is 0 Å². The van der Waals surface area contributed by atoms with Crippen LogP contribution in [0.1, 0.15) is 37.6 Å². The first-order valence-electron chi connectivity index (χ1n) is 11.1. The van der Waals surface area contributed by atoms with Crippen molar-refractivity contribution in [2.24, 2.45) is 0 Å². The molecule has 0 spiro atoms. The third-order valence-electron chi connectivity index (χ3n) is 5.47. The van der Waals surface area contributed by atoms with Crippen LogP contribution in [-0.2, 0) is 29.1 Å². The van der Waals surface area contributed by atoms with Crippen molar-refractivity contribution in [1.82, 2.24) is 19.8 Å². The van der Waals surface area contributed by atoms with Crippen molar-refractivity contribution in [3.63, 3.8) is 0 Å². The molecule has 0 saturated heterocycles. The third-order valence-corrected chi connectivity index (χ3v) is 5.47. The van der Waals surface area contributed by atoms with Gasteiger partial charge in [-0.2, -0.15) is 0 Å². The summed E-state index contributed by atoms with van der Waals surface area (Å²) in [5.41, 5.74) is 3.53. The number of carbonyl (C=O) groups is 2. The summed E-state index contributed by atoms with van der Waals surface area (Å²) in [6.07, 6.45) is 3.61. The Kier molecular flexibility index (Phi) is 8.20. The van der Waals surface area contributed by atoms with Crippen LogP contribution in [0.5, 0.6) is 0 Å². The van der Waals surface area contributed by atoms with E-state index in [0.717, 1.165) is 48.1 Å². The lowest BCUT2D eigenvalue weighted by Crippen LogP contribution is -2.30. The van der Waals surface area contributed by atoms with E-state index < -0.39 is 0 Å². The van der Waals surface area contributed by atoms with Gasteiger partial charge in [0.2, 0.25) is 11.8 Å². The standard InChI is InChI=1S/C26H32N4O2/c1-20(2)26(32)27-17-11-5-8-16-24-28-22-14-9-10-15-23(22)30(24)19-25(31)29(3)18-21-12-6-4-7-13-21/h4,6-7,9-10,12-15H,1,5,8,11,16-19H2,2-3H3,(H,27,32). The summed E-state index contributed by atoms with van der Waals surface area (Å²) >= 11 is 0. The Hall–Kier alpha value is -3.41. The maximum Gasteiger partial charge on any atom is 0.246 e. The van der Waals surface area contributed by atoms with Gasteiger partial charge in [0.15, 0.2) is 0 Å². The molecular weight excluding hydrogens is 400 g/mol. The van der Waals surface area contributed by atoms with E-state index in [0.29, 0.717) is 18.7 Å². The monoisotopic (exact) mass is 432 g/mol. The maximum absolute atomic E-state index is 13.0. The van der Waals surface area contributed by atoms with Gasteiger partial charge in [-0.25, -0.2) is 4.98 Å². The Labute approximate surface area is 189 Å². The number of aromatic nitrogens is 2. The molecule has 2 amide bonds. The number of hydrogen-bond donors (Lipinski definition) is 1. The molecule has 1 aromatic heterocycles. The van der Waals surface area contributed by atoms with Crippen LogP contribution in [-0.4, -0.2) is 39.9 Å². The first-order valence-corrected chi connectivity index (χ1v) is 11.1. The summed E-state index contributed by atoms with van der Waals surface area (Å²) < 4.78 is 2.04. The number of fused-ring (bicyclic) bond motifs is 1. The van der Waals surface area contributed by atoms with Gasteiger partial charge in [-0.3, -0.25) is 9.59 Å². The Morgan fingerprint density at radius 2 is 1.75 bits per heavy atom. The van der Waals surface area contributed by atoms with Crippen LogP contribution >= 0.6 is 0 Å². The van der Waals surface area contributed by atoms with Crippen molar-refractivity contribution < 1.29 is 9.59 Å². The number of nitrogens with zero attached hydrogens (tertiary/aromatic N) is 3. The summed E-state index contributed by atoms with van der Waals surface area (Å²) in [5.74, 6) is 0.893. The van der Waals surface area contributed by atoms with Crippen LogP contribution in [0.3, 0.4) is 0 Å². The highest BCUT2D eigenvalue weighted by molar-refractivity contribution is 5.92. The number of aryl methyl sites for hydroxylation is 1. The van der Waals surface area contributed by atoms with E-state index >= 15 is 0 Å². The molecule has 32 heavy (non-hydrogen) atoms. The van der Waals surface area contributed by atoms with Gasteiger partial charge in [0.1, 0.15) is 12.4 Å². The first-order chi connectivity index (χ1) is 15.5. The van der Waals surface area contributed by atoms with E-state index in [4.69, 9.17) is 4.98 Å². The van der Waals surface area contributed by atoms with Crippen LogP contribution in [0.4, 0.5) is 0 Å². The van der Waals surface area contributed by atoms with E-state index in [-0.39, 0.29) is 18.4 Å². The molecule has 1 N–H and O–H groups in total. The van der Waals surface area contributed by atoms with Gasteiger partial charge < -0.3 is 14.8 Å². The topological polar surface area (TPSA) is 67.2 Å². The highest BCUT2D eigenvalue weighted by Crippen LogP contribution is 2.18. The van der Waals surface area contributed by atoms with Crippen molar-refractivity contribution >= 4 is 22.8 Å². The van der Waals surface area contributed by atoms with E-state index in [9.17, 15) is 9.59 Å². The van der Waals surface area contributed by atoms with E-state index in [2.05, 4.69) is 11.9 Å². The minimum Gasteiger partial charge on any atom is -0.352 e. The summed E-state index contributed by atoms with van der Waals surface area (Å²) in [7, 11) is 1.84. The highest BCUT2D eigenvalue weighted by atomic mass is 16.2. The van der Waals surface area contributed by atoms with Crippen molar-refractivity contribution in [3.8, 4) is 0 Å². The number of amides is 2. The molecule has 0 radical (unpaired) electrons. The molecule has 0 aliphatic heterocycles. The molecule has 168 valence electrons. The molecule has 1 heterocycles. The fourth-order valence-corrected chi connectivity index (χ4v) is 3.63. The predicted molar refractivity (Wildman–Crippen MR) is 128 cm³/mol. The predicted octanol–water partition coefficient (Wildman–Crippen LogP) is 4.10. The van der Waals surface area contributed by atoms with Gasteiger partial charge in [0.05, 0.1) is 11.0 Å². The summed E-state index contributed by atoms with van der Waals surface area (Å²) in [5, 5.41) is 2.86. The lowest BCUT2D eigenvalue weighted by Gasteiger charge is -2.19. The van der Waals surface area contributed by atoms with Gasteiger partial charge in [0.25, 0.3) is 0 Å². The molecule has 3 aromatic rings. The summed E-state index contributed by atoms with van der Waals surface area (Å²) in [4.78, 5) is 31.1. The van der Waals surface area contributed by atoms with E-state index in [1.807, 2.05) is 66.2 Å². The Morgan fingerprint density at radius 1 is 1.03 bits per heavy atom. The zero-order valence-electron chi connectivity index (χ0n) is 19.0. The van der Waals surface area contributed by atoms with Crippen LogP contribution < -0.4 is 5.32 Å². The van der Waals surface area contributed by atoms with Crippen LogP contribution in [0.2, 0.25) is 0 Å². The fourth-order valence-electron chi connectivity index (χ4n) is 3.63. The number of para-hydroxylation sites is 2. The average molecular weight is 433 g/mol. The number of imidazole rings is 1. The molecule has 0 bridgehead atoms. The SMILES string of the molecule is C=C(C)C(=O)NCCCCCc1nc2ccccc2n1CC(=O)N(C)Cc1ccccc1. The fraction of sp³-hybridized carbons (Fsp3) is 0.346. The van der Waals surface area contributed by atoms with E-state index in [1.54, 1.807) is 11.8 Å². The van der Waals surface area contributed by atoms with Gasteiger partial charge in [-0.1, -0.05) is 55.5 Å². The molecule has 0 atom stereocenters. The molecule has 0 fully saturated rings. The van der Waals surface area contributed by atoms with E-state index in [1.165, 1.54) is 0 Å². The molecule has 0 unspecified atom stereocenters. The first kappa shape index (κ1) is 23.3. The molecule has 0 aliphatic rings. The molecule has 0 saturated carbocycles. The lowest BCUT2D eigenvalue weighted by atomic mass is 10.2. The Balaban J connectivity index is 1.60. The number of nitrogens with one attached hydrogen (secondary N) is 1. The second-order valence-electron chi connectivity index (χ2n) is 8.19. The molecule has 0 aliphatic carbocycles. The summed E-state index contributed by atoms with van der Waals surface area (Å²) in [6.45, 7) is 6.85. The molecule has 2 aromatic carbocycles. The quantitative estimate of drug-likeness (QED) is 0.366. The number of likely N-dealkylation sites (N-methyl/N-ethyl adjacent to an activating group) is 1. The smallest absolute Gasteiger partial charge is 0.246 e. The van der Waals surface area contributed by atoms with Crippen LogP contribution in [0, 0.1) is 0 Å². The summed E-state index contributed by atoms with van der Waals surface area (Å²) in [6, 6.07) is 18.0. The van der Waals surface area contributed by atoms with Crippen LogP contribution in [0.15, 0.2) is 66.7 Å². The van der Waals surface area contributed by atoms with Crippen LogP contribution in [0.25, 0.3) is 11.0 Å². The molecule has 3 rings (SSSR count). The maximum atomic E-state index is 13.0. The Bertz CT molecular complexity index is 1070. The average Bonchev–Trinajstić information content (AvgIpc) is 3.13. The van der Waals surface area contributed by atoms with Crippen molar-refractivity contribution in [3.05, 3.63) is 78.1 Å². The number of carbonyl (C=O) groups excluding carboxylic acids is 2. The number of unbranched alkanes of at least 4 members (excludes halogenated alkanes) is 2. The highest BCUT2D eigenvalue weighted by Gasteiger charge is 2.16. The molecule has 6 heteroatoms. The zero-order valence-corrected chi connectivity index (χ0v) is 19.0. The lowest BCUT2D eigenvalue weighted by molar-refractivity contribution is -0.131. The second kappa shape index (κ2) is 11.3. The second-order valence-corrected chi connectivity index (χ2v) is 8.19. The van der Waals surface area contributed by atoms with Crippen molar-refractivity contribution in [2.45, 2.75) is 45.7 Å². The zero-order chi connectivity index (χ0) is 22.9. The molecular formula is C26H32N4O2. The van der Waals surface area contributed by atoms with Crippen molar-refractivity contribution in [1.29, 1.82) is 0 Å². The van der Waals surface area contributed by atoms with Crippen molar-refractivity contribution in [2.75, 3.05) is 13.6 Å². The van der Waals surface area contributed by atoms with Gasteiger partial charge in [0, 0.05) is 32.1 Å². The Morgan fingerprint density at radius 3 is 2.50 bits per heavy atom. The minimum absolute atomic E-state index is 0.0563. The third kappa shape index (κ3) is 6.30. The molecule has 6 nitrogen and oxygen atoms in total. The van der Waals surface area contributed by atoms with Gasteiger partial charge >= 0.3 is 0 Å². The number of benzene rings is 2. The number of hydrogen-bond acceptors (Lipinski definition) is 3. The number of rotatable bonds is 11. The largest absolute Gasteiger partial charge is 0.352 e. The minimum atomic E-state index is -0.0927. The van der Waals surface area contributed by atoms with Gasteiger partial charge in [-0.05, 0) is 37.5 Å².